The first-order valence-corrected chi connectivity index (χ1v) is 12.3. The zero-order chi connectivity index (χ0) is 25.2. The Morgan fingerprint density at radius 2 is 1.27 bits per heavy atom. The van der Waals surface area contributed by atoms with Gasteiger partial charge in [-0.2, -0.15) is 14.1 Å². The first kappa shape index (κ1) is 32.5. The first-order chi connectivity index (χ1) is 17.0. The molecular formula is C33H39HfN3. The zero-order valence-corrected chi connectivity index (χ0v) is 26.8. The van der Waals surface area contributed by atoms with E-state index < -0.39 is 0 Å². The van der Waals surface area contributed by atoms with Gasteiger partial charge in [-0.3, -0.25) is 0 Å². The summed E-state index contributed by atoms with van der Waals surface area (Å²) < 4.78 is 0. The number of aromatic nitrogens is 1. The summed E-state index contributed by atoms with van der Waals surface area (Å²) in [6.07, 6.45) is 0. The fourth-order valence-electron chi connectivity index (χ4n) is 4.04. The average Bonchev–Trinajstić information content (AvgIpc) is 2.88. The van der Waals surface area contributed by atoms with Gasteiger partial charge in [-0.25, -0.2) is 0 Å². The Hall–Kier alpha value is -2.56. The summed E-state index contributed by atoms with van der Waals surface area (Å²) >= 11 is 0. The number of rotatable bonds is 7. The topological polar surface area (TPSA) is 41.1 Å². The number of benzene rings is 3. The van der Waals surface area contributed by atoms with Gasteiger partial charge in [0, 0.05) is 5.69 Å². The van der Waals surface area contributed by atoms with Crippen molar-refractivity contribution in [3.05, 3.63) is 138 Å². The van der Waals surface area contributed by atoms with Gasteiger partial charge in [-0.05, 0) is 29.6 Å². The van der Waals surface area contributed by atoms with Gasteiger partial charge in [0.1, 0.15) is 0 Å². The Balaban J connectivity index is 0.00000131. The van der Waals surface area contributed by atoms with E-state index in [0.717, 1.165) is 28.2 Å². The molecule has 0 aliphatic rings. The van der Waals surface area contributed by atoms with Crippen LogP contribution in [0, 0.1) is 13.5 Å². The Kier molecular flexibility index (Phi) is 14.3. The molecule has 190 valence electrons. The minimum atomic E-state index is -0.183. The van der Waals surface area contributed by atoms with Crippen LogP contribution in [0.5, 0.6) is 0 Å². The molecule has 0 fully saturated rings. The Labute approximate surface area is 243 Å². The van der Waals surface area contributed by atoms with Gasteiger partial charge in [-0.15, -0.1) is 41.6 Å². The van der Waals surface area contributed by atoms with E-state index in [1.165, 1.54) is 11.1 Å². The molecule has 0 saturated carbocycles. The van der Waals surface area contributed by atoms with Gasteiger partial charge in [0.2, 0.25) is 0 Å². The summed E-state index contributed by atoms with van der Waals surface area (Å²) in [5.74, 6) is 0.782. The van der Waals surface area contributed by atoms with Gasteiger partial charge < -0.3 is 23.0 Å². The molecule has 1 aromatic heterocycles. The van der Waals surface area contributed by atoms with Crippen LogP contribution in [0.15, 0.2) is 91.0 Å². The molecule has 0 N–H and O–H groups in total. The van der Waals surface area contributed by atoms with Crippen LogP contribution in [0.4, 0.5) is 5.69 Å². The maximum absolute atomic E-state index is 5.40. The fraction of sp³-hybridized carbons (Fsp3) is 0.273. The first-order valence-electron chi connectivity index (χ1n) is 12.3. The van der Waals surface area contributed by atoms with Crippen molar-refractivity contribution in [3.63, 3.8) is 0 Å². The quantitative estimate of drug-likeness (QED) is 0.144. The zero-order valence-electron chi connectivity index (χ0n) is 23.2. The molecule has 0 bridgehead atoms. The monoisotopic (exact) mass is 657 g/mol. The third-order valence-corrected chi connectivity index (χ3v) is 5.75. The van der Waals surface area contributed by atoms with Crippen molar-refractivity contribution in [1.82, 2.24) is 4.98 Å². The summed E-state index contributed by atoms with van der Waals surface area (Å²) in [7, 11) is 3.50. The van der Waals surface area contributed by atoms with Crippen LogP contribution < -0.4 is 0 Å². The van der Waals surface area contributed by atoms with Crippen LogP contribution in [0.3, 0.4) is 0 Å². The second-order valence-corrected chi connectivity index (χ2v) is 9.21. The number of para-hydroxylation sites is 1. The Morgan fingerprint density at radius 1 is 0.703 bits per heavy atom. The van der Waals surface area contributed by atoms with Gasteiger partial charge >= 0.3 is 25.8 Å². The van der Waals surface area contributed by atoms with Gasteiger partial charge in [0.05, 0.1) is 0 Å². The van der Waals surface area contributed by atoms with Crippen LogP contribution in [-0.4, -0.2) is 19.1 Å². The predicted molar refractivity (Wildman–Crippen MR) is 156 cm³/mol. The normalized spacial score (nSPS) is 11.0. The Bertz CT molecular complexity index is 1150. The second-order valence-electron chi connectivity index (χ2n) is 9.21. The van der Waals surface area contributed by atoms with Crippen molar-refractivity contribution < 1.29 is 25.8 Å². The molecule has 0 spiro atoms. The summed E-state index contributed by atoms with van der Waals surface area (Å²) in [5.41, 5.74) is 7.66. The number of hydrogen-bond acceptors (Lipinski definition) is 1. The number of hydrogen-bond donors (Lipinski definition) is 0. The molecular weight excluding hydrogens is 617 g/mol. The van der Waals surface area contributed by atoms with Crippen LogP contribution in [0.25, 0.3) is 21.9 Å². The smallest absolute Gasteiger partial charge is 0.673 e. The van der Waals surface area contributed by atoms with E-state index in [1.807, 2.05) is 36.4 Å². The summed E-state index contributed by atoms with van der Waals surface area (Å²) in [6, 6.07) is 34.3. The van der Waals surface area contributed by atoms with E-state index in [0.29, 0.717) is 11.8 Å². The van der Waals surface area contributed by atoms with Crippen LogP contribution in [0.1, 0.15) is 68.0 Å². The number of nitrogens with zero attached hydrogens (tertiary/aromatic N) is 3. The molecule has 0 saturated heterocycles. The van der Waals surface area contributed by atoms with Crippen LogP contribution in [-0.2, 0) is 25.8 Å². The Morgan fingerprint density at radius 3 is 1.81 bits per heavy atom. The van der Waals surface area contributed by atoms with Crippen LogP contribution >= 0.6 is 0 Å². The predicted octanol–water partition coefficient (Wildman–Crippen LogP) is 9.66. The minimum absolute atomic E-state index is 0. The van der Waals surface area contributed by atoms with Crippen molar-refractivity contribution >= 4 is 5.69 Å². The molecule has 1 heterocycles. The van der Waals surface area contributed by atoms with Crippen molar-refractivity contribution in [2.75, 3.05) is 14.1 Å². The van der Waals surface area contributed by atoms with E-state index in [4.69, 9.17) is 10.3 Å². The minimum Gasteiger partial charge on any atom is -0.673 e. The summed E-state index contributed by atoms with van der Waals surface area (Å²) in [4.78, 5) is 5.04. The van der Waals surface area contributed by atoms with Crippen molar-refractivity contribution in [2.45, 2.75) is 45.6 Å². The fourth-order valence-corrected chi connectivity index (χ4v) is 4.04. The summed E-state index contributed by atoms with van der Waals surface area (Å²) in [6.45, 7) is 8.94. The molecule has 0 amide bonds. The third-order valence-electron chi connectivity index (χ3n) is 5.75. The molecule has 4 heteroatoms. The van der Waals surface area contributed by atoms with E-state index in [-0.39, 0.29) is 39.3 Å². The SMILES string of the molecule is CC(C)c1cccc(C(C)C)c1[N-]C(c1ccccc1)c1cccc(-c2[c-]cccc2)n1.C[N-]C.[CH3-].[Hf+4]. The summed E-state index contributed by atoms with van der Waals surface area (Å²) in [5, 5.41) is 8.90. The van der Waals surface area contributed by atoms with E-state index in [1.54, 1.807) is 14.1 Å². The van der Waals surface area contributed by atoms with Crippen molar-refractivity contribution in [3.8, 4) is 11.3 Å². The number of pyridine rings is 1. The molecule has 3 nitrogen and oxygen atoms in total. The van der Waals surface area contributed by atoms with E-state index >= 15 is 0 Å². The molecule has 0 aliphatic heterocycles. The standard InChI is InChI=1S/C30H30N2.C2H6N.CH3.Hf/c1-21(2)25-17-11-18-26(22(3)4)30(25)32-29(24-15-9-6-10-16-24)28-20-12-19-27(31-28)23-13-7-5-8-14-23;1-3-2;;/h5-13,15-22,29H,1-4H3;1-2H3;1H3;/q-2;2*-1;+4. The van der Waals surface area contributed by atoms with E-state index in [9.17, 15) is 0 Å². The molecule has 4 rings (SSSR count). The van der Waals surface area contributed by atoms with Crippen LogP contribution in [0.2, 0.25) is 0 Å². The molecule has 3 aromatic carbocycles. The molecule has 1 unspecified atom stereocenters. The van der Waals surface area contributed by atoms with Crippen molar-refractivity contribution in [2.24, 2.45) is 0 Å². The maximum atomic E-state index is 5.40. The molecule has 1 atom stereocenters. The second kappa shape index (κ2) is 16.3. The third kappa shape index (κ3) is 8.76. The van der Waals surface area contributed by atoms with Gasteiger partial charge in [-0.1, -0.05) is 105 Å². The largest absolute Gasteiger partial charge is 4.00 e. The van der Waals surface area contributed by atoms with Gasteiger partial charge in [0.15, 0.2) is 0 Å². The van der Waals surface area contributed by atoms with Gasteiger partial charge in [0.25, 0.3) is 0 Å². The average molecular weight is 656 g/mol. The van der Waals surface area contributed by atoms with Crippen molar-refractivity contribution in [1.29, 1.82) is 0 Å². The molecule has 0 aliphatic carbocycles. The molecule has 37 heavy (non-hydrogen) atoms. The molecule has 0 radical (unpaired) electrons. The maximum Gasteiger partial charge on any atom is 4.00 e. The molecule has 4 aromatic rings. The van der Waals surface area contributed by atoms with E-state index in [2.05, 4.69) is 93.7 Å².